The molecule has 3 aromatic carbocycles. The number of amides is 2. The molecular weight excluding hydrogens is 587 g/mol. The second kappa shape index (κ2) is 8.73. The van der Waals surface area contributed by atoms with Crippen molar-refractivity contribution in [2.75, 3.05) is 9.80 Å². The van der Waals surface area contributed by atoms with E-state index in [1.165, 1.54) is 6.07 Å². The Kier molecular flexibility index (Phi) is 5.76. The zero-order chi connectivity index (χ0) is 25.3. The minimum Gasteiger partial charge on any atom is -0.352 e. The van der Waals surface area contributed by atoms with Gasteiger partial charge in [-0.25, -0.2) is 4.90 Å². The standard InChI is InChI=1S/C27H16BrCl3N2O3/c28-15-5-1-14(2-6-15)25(34)24-23-22(20-9-4-13-3-7-17(30)12-21(13)32(20)24)26(35)33(27(23)36)19-10-8-16(29)11-18(19)31/h1-12,20,22-24H/t20-,22-,23-,24+/m1/s1. The second-order valence-electron chi connectivity index (χ2n) is 8.94. The highest BCUT2D eigenvalue weighted by molar-refractivity contribution is 9.10. The summed E-state index contributed by atoms with van der Waals surface area (Å²) in [5.41, 5.74) is 2.29. The predicted molar refractivity (Wildman–Crippen MR) is 145 cm³/mol. The zero-order valence-corrected chi connectivity index (χ0v) is 22.2. The topological polar surface area (TPSA) is 57.7 Å². The number of rotatable bonds is 3. The molecule has 0 spiro atoms. The summed E-state index contributed by atoms with van der Waals surface area (Å²) in [6.07, 6.45) is 3.80. The van der Waals surface area contributed by atoms with E-state index in [0.717, 1.165) is 20.6 Å². The predicted octanol–water partition coefficient (Wildman–Crippen LogP) is 6.68. The molecule has 0 aliphatic carbocycles. The highest BCUT2D eigenvalue weighted by Crippen LogP contribution is 2.51. The molecule has 3 aromatic rings. The molecule has 4 atom stereocenters. The normalized spacial score (nSPS) is 24.1. The molecule has 6 rings (SSSR count). The lowest BCUT2D eigenvalue weighted by molar-refractivity contribution is -0.122. The fraction of sp³-hybridized carbons (Fsp3) is 0.148. The number of nitrogens with zero attached hydrogens (tertiary/aromatic N) is 2. The first-order valence-electron chi connectivity index (χ1n) is 11.1. The van der Waals surface area contributed by atoms with Crippen LogP contribution in [0.5, 0.6) is 0 Å². The third kappa shape index (κ3) is 3.54. The van der Waals surface area contributed by atoms with Crippen LogP contribution in [0.3, 0.4) is 0 Å². The van der Waals surface area contributed by atoms with Crippen molar-refractivity contribution in [1.29, 1.82) is 0 Å². The number of Topliss-reactive ketones (excluding diaryl/α,β-unsaturated/α-hetero) is 1. The molecule has 0 aromatic heterocycles. The van der Waals surface area contributed by atoms with Crippen LogP contribution < -0.4 is 9.80 Å². The van der Waals surface area contributed by atoms with E-state index in [9.17, 15) is 14.4 Å². The number of carbonyl (C=O) groups excluding carboxylic acids is 3. The summed E-state index contributed by atoms with van der Waals surface area (Å²) in [5.74, 6) is -2.77. The molecule has 2 saturated heterocycles. The number of benzene rings is 3. The average molecular weight is 603 g/mol. The summed E-state index contributed by atoms with van der Waals surface area (Å²) in [6, 6.07) is 15.6. The molecule has 0 saturated carbocycles. The Balaban J connectivity index is 1.51. The molecule has 5 nitrogen and oxygen atoms in total. The molecule has 0 radical (unpaired) electrons. The Morgan fingerprint density at radius 2 is 1.47 bits per heavy atom. The molecule has 9 heteroatoms. The number of carbonyl (C=O) groups is 3. The van der Waals surface area contributed by atoms with Crippen molar-refractivity contribution in [1.82, 2.24) is 0 Å². The largest absolute Gasteiger partial charge is 0.352 e. The third-order valence-corrected chi connectivity index (χ3v) is 8.32. The Morgan fingerprint density at radius 1 is 0.806 bits per heavy atom. The first-order chi connectivity index (χ1) is 17.3. The first-order valence-corrected chi connectivity index (χ1v) is 13.1. The average Bonchev–Trinajstić information content (AvgIpc) is 3.32. The van der Waals surface area contributed by atoms with Crippen LogP contribution in [0.15, 0.2) is 71.2 Å². The fourth-order valence-electron chi connectivity index (χ4n) is 5.52. The van der Waals surface area contributed by atoms with Gasteiger partial charge in [-0.05, 0) is 48.0 Å². The molecule has 3 aliphatic heterocycles. The number of halogens is 4. The van der Waals surface area contributed by atoms with Crippen LogP contribution in [0, 0.1) is 11.8 Å². The van der Waals surface area contributed by atoms with Crippen LogP contribution >= 0.6 is 50.7 Å². The minimum absolute atomic E-state index is 0.188. The Bertz CT molecular complexity index is 1490. The van der Waals surface area contributed by atoms with E-state index in [-0.39, 0.29) is 16.5 Å². The van der Waals surface area contributed by atoms with Gasteiger partial charge in [0, 0.05) is 25.8 Å². The second-order valence-corrected chi connectivity index (χ2v) is 11.1. The number of ketones is 1. The lowest BCUT2D eigenvalue weighted by Gasteiger charge is -2.36. The quantitative estimate of drug-likeness (QED) is 0.248. The number of hydrogen-bond acceptors (Lipinski definition) is 4. The van der Waals surface area contributed by atoms with Crippen molar-refractivity contribution in [3.8, 4) is 0 Å². The van der Waals surface area contributed by atoms with Gasteiger partial charge >= 0.3 is 0 Å². The van der Waals surface area contributed by atoms with E-state index < -0.39 is 35.7 Å². The van der Waals surface area contributed by atoms with Crippen LogP contribution in [0.1, 0.15) is 15.9 Å². The smallest absolute Gasteiger partial charge is 0.240 e. The molecule has 2 fully saturated rings. The Morgan fingerprint density at radius 3 is 2.19 bits per heavy atom. The minimum atomic E-state index is -0.907. The summed E-state index contributed by atoms with van der Waals surface area (Å²) < 4.78 is 0.829. The SMILES string of the molecule is O=C(c1ccc(Br)cc1)[C@@H]1[C@@H]2C(=O)N(c3ccc(Cl)cc3Cl)C(=O)[C@@H]2[C@H]2C=Cc3ccc(Cl)cc3N21. The van der Waals surface area contributed by atoms with Crippen LogP contribution in [0.25, 0.3) is 6.08 Å². The first kappa shape index (κ1) is 23.7. The summed E-state index contributed by atoms with van der Waals surface area (Å²) >= 11 is 22.2. The van der Waals surface area contributed by atoms with Crippen molar-refractivity contribution in [3.63, 3.8) is 0 Å². The van der Waals surface area contributed by atoms with E-state index in [1.807, 2.05) is 23.1 Å². The molecule has 2 amide bonds. The maximum Gasteiger partial charge on any atom is 0.240 e. The molecule has 3 aliphatic rings. The van der Waals surface area contributed by atoms with Gasteiger partial charge in [0.2, 0.25) is 11.8 Å². The molecule has 36 heavy (non-hydrogen) atoms. The van der Waals surface area contributed by atoms with E-state index in [4.69, 9.17) is 34.8 Å². The molecule has 0 unspecified atom stereocenters. The summed E-state index contributed by atoms with van der Waals surface area (Å²) in [7, 11) is 0. The third-order valence-electron chi connectivity index (χ3n) is 7.02. The van der Waals surface area contributed by atoms with Crippen molar-refractivity contribution < 1.29 is 14.4 Å². The lowest BCUT2D eigenvalue weighted by Crippen LogP contribution is -2.48. The van der Waals surface area contributed by atoms with E-state index in [0.29, 0.717) is 15.6 Å². The number of anilines is 2. The van der Waals surface area contributed by atoms with Gasteiger partial charge in [0.1, 0.15) is 6.04 Å². The monoisotopic (exact) mass is 600 g/mol. The summed E-state index contributed by atoms with van der Waals surface area (Å²) in [4.78, 5) is 44.8. The van der Waals surface area contributed by atoms with E-state index >= 15 is 0 Å². The van der Waals surface area contributed by atoms with Crippen LogP contribution in [0.2, 0.25) is 15.1 Å². The van der Waals surface area contributed by atoms with Gasteiger partial charge in [0.25, 0.3) is 0 Å². The van der Waals surface area contributed by atoms with Crippen LogP contribution in [0.4, 0.5) is 11.4 Å². The highest BCUT2D eigenvalue weighted by Gasteiger charge is 2.64. The van der Waals surface area contributed by atoms with Gasteiger partial charge in [0.05, 0.1) is 28.6 Å². The molecule has 0 bridgehead atoms. The van der Waals surface area contributed by atoms with Crippen LogP contribution in [-0.4, -0.2) is 29.7 Å². The Labute approximate surface area is 230 Å². The summed E-state index contributed by atoms with van der Waals surface area (Å²) in [6.45, 7) is 0. The van der Waals surface area contributed by atoms with Gasteiger partial charge in [-0.15, -0.1) is 0 Å². The highest BCUT2D eigenvalue weighted by atomic mass is 79.9. The van der Waals surface area contributed by atoms with Gasteiger partial charge in [-0.1, -0.05) is 81.1 Å². The zero-order valence-electron chi connectivity index (χ0n) is 18.4. The van der Waals surface area contributed by atoms with E-state index in [1.54, 1.807) is 48.5 Å². The maximum atomic E-state index is 14.0. The number of imide groups is 1. The number of fused-ring (bicyclic) bond motifs is 5. The van der Waals surface area contributed by atoms with E-state index in [2.05, 4.69) is 15.9 Å². The van der Waals surface area contributed by atoms with Crippen molar-refractivity contribution in [2.24, 2.45) is 11.8 Å². The molecule has 0 N–H and O–H groups in total. The molecule has 3 heterocycles. The molecule has 180 valence electrons. The van der Waals surface area contributed by atoms with Gasteiger partial charge in [0.15, 0.2) is 5.78 Å². The van der Waals surface area contributed by atoms with Crippen molar-refractivity contribution in [3.05, 3.63) is 97.4 Å². The summed E-state index contributed by atoms with van der Waals surface area (Å²) in [5, 5.41) is 1.08. The number of hydrogen-bond donors (Lipinski definition) is 0. The van der Waals surface area contributed by atoms with Crippen LogP contribution in [-0.2, 0) is 9.59 Å². The van der Waals surface area contributed by atoms with Gasteiger partial charge < -0.3 is 4.90 Å². The fourth-order valence-corrected chi connectivity index (χ4v) is 6.44. The van der Waals surface area contributed by atoms with Crippen molar-refractivity contribution in [2.45, 2.75) is 12.1 Å². The van der Waals surface area contributed by atoms with Gasteiger partial charge in [-0.3, -0.25) is 14.4 Å². The molecular formula is C27H16BrCl3N2O3. The van der Waals surface area contributed by atoms with Gasteiger partial charge in [-0.2, -0.15) is 0 Å². The maximum absolute atomic E-state index is 14.0. The lowest BCUT2D eigenvalue weighted by atomic mass is 9.86. The Hall–Kier alpha value is -2.64. The van der Waals surface area contributed by atoms with Crippen molar-refractivity contribution >= 4 is 85.8 Å².